The van der Waals surface area contributed by atoms with Crippen LogP contribution in [-0.4, -0.2) is 7.11 Å². The summed E-state index contributed by atoms with van der Waals surface area (Å²) in [5.41, 5.74) is 6.67. The van der Waals surface area contributed by atoms with E-state index in [9.17, 15) is 4.39 Å². The van der Waals surface area contributed by atoms with Crippen molar-refractivity contribution in [1.29, 1.82) is 0 Å². The SMILES string of the molecule is COc1cc(F)cc(N)c1C. The fourth-order valence-electron chi connectivity index (χ4n) is 0.886. The Balaban J connectivity index is 3.24. The highest BCUT2D eigenvalue weighted by molar-refractivity contribution is 5.53. The zero-order chi connectivity index (χ0) is 8.43. The fraction of sp³-hybridized carbons (Fsp3) is 0.250. The zero-order valence-corrected chi connectivity index (χ0v) is 6.52. The van der Waals surface area contributed by atoms with Gasteiger partial charge >= 0.3 is 0 Å². The minimum Gasteiger partial charge on any atom is -0.496 e. The molecule has 2 nitrogen and oxygen atoms in total. The smallest absolute Gasteiger partial charge is 0.128 e. The van der Waals surface area contributed by atoms with E-state index in [0.29, 0.717) is 11.4 Å². The molecule has 0 aliphatic heterocycles. The van der Waals surface area contributed by atoms with Gasteiger partial charge in [0.15, 0.2) is 0 Å². The molecule has 1 rings (SSSR count). The van der Waals surface area contributed by atoms with Crippen LogP contribution in [0.15, 0.2) is 12.1 Å². The number of ether oxygens (including phenoxy) is 1. The van der Waals surface area contributed by atoms with E-state index >= 15 is 0 Å². The Bertz CT molecular complexity index is 273. The normalized spacial score (nSPS) is 9.73. The van der Waals surface area contributed by atoms with Crippen LogP contribution in [0.25, 0.3) is 0 Å². The van der Waals surface area contributed by atoms with E-state index < -0.39 is 0 Å². The molecule has 3 heteroatoms. The van der Waals surface area contributed by atoms with Crippen LogP contribution in [0.5, 0.6) is 5.75 Å². The van der Waals surface area contributed by atoms with Gasteiger partial charge in [-0.15, -0.1) is 0 Å². The summed E-state index contributed by atoms with van der Waals surface area (Å²) in [5, 5.41) is 0. The third-order valence-corrected chi connectivity index (χ3v) is 1.58. The standard InChI is InChI=1S/C8H10FNO/c1-5-7(10)3-6(9)4-8(5)11-2/h3-4H,10H2,1-2H3. The molecule has 11 heavy (non-hydrogen) atoms. The monoisotopic (exact) mass is 155 g/mol. The van der Waals surface area contributed by atoms with Crippen LogP contribution >= 0.6 is 0 Å². The second kappa shape index (κ2) is 2.78. The van der Waals surface area contributed by atoms with E-state index in [4.69, 9.17) is 10.5 Å². The third kappa shape index (κ3) is 1.42. The van der Waals surface area contributed by atoms with Crippen LogP contribution in [0.3, 0.4) is 0 Å². The average molecular weight is 155 g/mol. The van der Waals surface area contributed by atoms with Crippen LogP contribution in [-0.2, 0) is 0 Å². The summed E-state index contributed by atoms with van der Waals surface area (Å²) < 4.78 is 17.5. The Morgan fingerprint density at radius 1 is 1.45 bits per heavy atom. The van der Waals surface area contributed by atoms with E-state index in [-0.39, 0.29) is 5.82 Å². The van der Waals surface area contributed by atoms with E-state index in [2.05, 4.69) is 0 Å². The first-order valence-corrected chi connectivity index (χ1v) is 3.24. The van der Waals surface area contributed by atoms with Gasteiger partial charge in [0.2, 0.25) is 0 Å². The molecule has 0 saturated carbocycles. The summed E-state index contributed by atoms with van der Waals surface area (Å²) in [4.78, 5) is 0. The van der Waals surface area contributed by atoms with Crippen molar-refractivity contribution in [2.24, 2.45) is 0 Å². The fourth-order valence-corrected chi connectivity index (χ4v) is 0.886. The number of hydrogen-bond acceptors (Lipinski definition) is 2. The summed E-state index contributed by atoms with van der Waals surface area (Å²) in [7, 11) is 1.49. The maximum absolute atomic E-state index is 12.6. The van der Waals surface area contributed by atoms with E-state index in [1.165, 1.54) is 19.2 Å². The lowest BCUT2D eigenvalue weighted by Gasteiger charge is -2.06. The third-order valence-electron chi connectivity index (χ3n) is 1.58. The van der Waals surface area contributed by atoms with Gasteiger partial charge in [0.25, 0.3) is 0 Å². The maximum atomic E-state index is 12.6. The number of anilines is 1. The Hall–Kier alpha value is -1.25. The first-order valence-electron chi connectivity index (χ1n) is 3.24. The summed E-state index contributed by atoms with van der Waals surface area (Å²) in [6.07, 6.45) is 0. The molecular formula is C8H10FNO. The second-order valence-corrected chi connectivity index (χ2v) is 2.32. The summed E-state index contributed by atoms with van der Waals surface area (Å²) in [5.74, 6) is 0.118. The van der Waals surface area contributed by atoms with Crippen LogP contribution < -0.4 is 10.5 Å². The minimum atomic E-state index is -0.370. The lowest BCUT2D eigenvalue weighted by molar-refractivity contribution is 0.408. The molecule has 0 unspecified atom stereocenters. The predicted octanol–water partition coefficient (Wildman–Crippen LogP) is 1.72. The molecule has 0 atom stereocenters. The Labute approximate surface area is 64.8 Å². The first-order chi connectivity index (χ1) is 5.15. The molecule has 0 bridgehead atoms. The number of nitrogens with two attached hydrogens (primary N) is 1. The van der Waals surface area contributed by atoms with Gasteiger partial charge in [-0.05, 0) is 13.0 Å². The number of halogens is 1. The van der Waals surface area contributed by atoms with Crippen molar-refractivity contribution < 1.29 is 9.13 Å². The summed E-state index contributed by atoms with van der Waals surface area (Å²) in [6.45, 7) is 1.79. The maximum Gasteiger partial charge on any atom is 0.128 e. The largest absolute Gasteiger partial charge is 0.496 e. The highest BCUT2D eigenvalue weighted by Crippen LogP contribution is 2.24. The van der Waals surface area contributed by atoms with Crippen molar-refractivity contribution in [2.45, 2.75) is 6.92 Å². The first kappa shape index (κ1) is 7.85. The van der Waals surface area contributed by atoms with Gasteiger partial charge < -0.3 is 10.5 Å². The molecule has 1 aromatic rings. The van der Waals surface area contributed by atoms with Crippen molar-refractivity contribution in [2.75, 3.05) is 12.8 Å². The highest BCUT2D eigenvalue weighted by atomic mass is 19.1. The number of nitrogen functional groups attached to an aromatic ring is 1. The molecule has 60 valence electrons. The van der Waals surface area contributed by atoms with Crippen LogP contribution in [0.1, 0.15) is 5.56 Å². The van der Waals surface area contributed by atoms with Gasteiger partial charge in [0.05, 0.1) is 7.11 Å². The molecule has 0 amide bonds. The van der Waals surface area contributed by atoms with Crippen LogP contribution in [0, 0.1) is 12.7 Å². The molecule has 0 aliphatic carbocycles. The van der Waals surface area contributed by atoms with Crippen molar-refractivity contribution in [1.82, 2.24) is 0 Å². The van der Waals surface area contributed by atoms with Crippen molar-refractivity contribution in [3.63, 3.8) is 0 Å². The zero-order valence-electron chi connectivity index (χ0n) is 6.52. The molecule has 0 saturated heterocycles. The molecule has 0 fully saturated rings. The number of hydrogen-bond donors (Lipinski definition) is 1. The lowest BCUT2D eigenvalue weighted by atomic mass is 10.2. The topological polar surface area (TPSA) is 35.2 Å². The van der Waals surface area contributed by atoms with Crippen molar-refractivity contribution in [3.8, 4) is 5.75 Å². The van der Waals surface area contributed by atoms with Gasteiger partial charge in [-0.25, -0.2) is 4.39 Å². The van der Waals surface area contributed by atoms with Crippen LogP contribution in [0.4, 0.5) is 10.1 Å². The van der Waals surface area contributed by atoms with E-state index in [1.807, 2.05) is 0 Å². The quantitative estimate of drug-likeness (QED) is 0.627. The highest BCUT2D eigenvalue weighted by Gasteiger charge is 2.03. The van der Waals surface area contributed by atoms with E-state index in [1.54, 1.807) is 6.92 Å². The number of methoxy groups -OCH3 is 1. The molecule has 0 radical (unpaired) electrons. The number of rotatable bonds is 1. The molecule has 0 spiro atoms. The second-order valence-electron chi connectivity index (χ2n) is 2.32. The summed E-state index contributed by atoms with van der Waals surface area (Å²) in [6, 6.07) is 2.59. The average Bonchev–Trinajstić information content (AvgIpc) is 1.96. The van der Waals surface area contributed by atoms with Gasteiger partial charge in [-0.2, -0.15) is 0 Å². The Morgan fingerprint density at radius 2 is 2.09 bits per heavy atom. The van der Waals surface area contributed by atoms with Gasteiger partial charge in [0, 0.05) is 17.3 Å². The molecule has 0 aliphatic rings. The Morgan fingerprint density at radius 3 is 2.64 bits per heavy atom. The molecule has 2 N–H and O–H groups in total. The molecule has 1 aromatic carbocycles. The van der Waals surface area contributed by atoms with E-state index in [0.717, 1.165) is 5.56 Å². The predicted molar refractivity (Wildman–Crippen MR) is 42.1 cm³/mol. The minimum absolute atomic E-state index is 0.370. The van der Waals surface area contributed by atoms with Crippen molar-refractivity contribution in [3.05, 3.63) is 23.5 Å². The van der Waals surface area contributed by atoms with Gasteiger partial charge in [-0.1, -0.05) is 0 Å². The van der Waals surface area contributed by atoms with Gasteiger partial charge in [-0.3, -0.25) is 0 Å². The molecule has 0 aromatic heterocycles. The Kier molecular flexibility index (Phi) is 1.98. The van der Waals surface area contributed by atoms with Crippen molar-refractivity contribution >= 4 is 5.69 Å². The summed E-state index contributed by atoms with van der Waals surface area (Å²) >= 11 is 0. The van der Waals surface area contributed by atoms with Crippen LogP contribution in [0.2, 0.25) is 0 Å². The van der Waals surface area contributed by atoms with Gasteiger partial charge in [0.1, 0.15) is 11.6 Å². The molecule has 0 heterocycles. The lowest BCUT2D eigenvalue weighted by Crippen LogP contribution is -1.95. The molecular weight excluding hydrogens is 145 g/mol. The number of benzene rings is 1.